The van der Waals surface area contributed by atoms with Crippen LogP contribution in [-0.2, 0) is 6.42 Å². The van der Waals surface area contributed by atoms with Gasteiger partial charge in [0.1, 0.15) is 0 Å². The highest BCUT2D eigenvalue weighted by Gasteiger charge is 1.98. The minimum Gasteiger partial charge on any atom is -0.385 e. The van der Waals surface area contributed by atoms with Crippen LogP contribution < -0.4 is 5.32 Å². The Labute approximate surface area is 88.3 Å². The van der Waals surface area contributed by atoms with Gasteiger partial charge in [0.25, 0.3) is 0 Å². The summed E-state index contributed by atoms with van der Waals surface area (Å²) in [4.78, 5) is 3.94. The summed E-state index contributed by atoms with van der Waals surface area (Å²) in [6, 6.07) is 8.27. The fraction of sp³-hybridized carbons (Fsp3) is 0.273. The van der Waals surface area contributed by atoms with Gasteiger partial charge in [-0.3, -0.25) is 0 Å². The summed E-state index contributed by atoms with van der Waals surface area (Å²) in [5, 5.41) is 6.83. The van der Waals surface area contributed by atoms with Crippen molar-refractivity contribution in [2.45, 2.75) is 13.3 Å². The van der Waals surface area contributed by atoms with Crippen LogP contribution in [0, 0.1) is 6.92 Å². The standard InChI is InChI=1S/C11H13N3O/c1-9-2-4-10(5-3-9)12-7-6-11-13-8-14-15-11/h2-5,8,12H,6-7H2,1H3. The molecule has 2 rings (SSSR count). The molecule has 1 heterocycles. The monoisotopic (exact) mass is 203 g/mol. The van der Waals surface area contributed by atoms with Crippen LogP contribution in [0.15, 0.2) is 35.1 Å². The van der Waals surface area contributed by atoms with Crippen molar-refractivity contribution in [3.63, 3.8) is 0 Å². The number of rotatable bonds is 4. The Morgan fingerprint density at radius 1 is 1.27 bits per heavy atom. The molecule has 1 N–H and O–H groups in total. The average Bonchev–Trinajstić information content (AvgIpc) is 2.74. The molecule has 0 bridgehead atoms. The molecule has 78 valence electrons. The largest absolute Gasteiger partial charge is 0.385 e. The summed E-state index contributed by atoms with van der Waals surface area (Å²) in [5.41, 5.74) is 2.37. The van der Waals surface area contributed by atoms with E-state index in [4.69, 9.17) is 4.52 Å². The van der Waals surface area contributed by atoms with Gasteiger partial charge in [-0.15, -0.1) is 0 Å². The van der Waals surface area contributed by atoms with Crippen LogP contribution in [-0.4, -0.2) is 16.7 Å². The molecule has 0 amide bonds. The van der Waals surface area contributed by atoms with E-state index in [0.29, 0.717) is 5.89 Å². The number of benzene rings is 1. The first-order valence-corrected chi connectivity index (χ1v) is 4.91. The number of hydrogen-bond donors (Lipinski definition) is 1. The van der Waals surface area contributed by atoms with Crippen LogP contribution >= 0.6 is 0 Å². The summed E-state index contributed by atoms with van der Waals surface area (Å²) in [5.74, 6) is 0.662. The molecule has 0 aliphatic carbocycles. The van der Waals surface area contributed by atoms with Gasteiger partial charge in [0.15, 0.2) is 6.33 Å². The molecule has 0 atom stereocenters. The fourth-order valence-electron chi connectivity index (χ4n) is 1.29. The SMILES string of the molecule is Cc1ccc(NCCc2ncno2)cc1. The number of nitrogens with one attached hydrogen (secondary N) is 1. The minimum absolute atomic E-state index is 0.662. The van der Waals surface area contributed by atoms with Gasteiger partial charge < -0.3 is 9.84 Å². The lowest BCUT2D eigenvalue weighted by Crippen LogP contribution is -2.04. The van der Waals surface area contributed by atoms with E-state index in [0.717, 1.165) is 18.7 Å². The van der Waals surface area contributed by atoms with Gasteiger partial charge in [0.05, 0.1) is 0 Å². The zero-order valence-electron chi connectivity index (χ0n) is 8.60. The molecule has 0 saturated carbocycles. The molecule has 0 spiro atoms. The lowest BCUT2D eigenvalue weighted by molar-refractivity contribution is 0.380. The van der Waals surface area contributed by atoms with Crippen molar-refractivity contribution in [2.24, 2.45) is 0 Å². The molecular weight excluding hydrogens is 190 g/mol. The molecule has 0 radical (unpaired) electrons. The molecule has 15 heavy (non-hydrogen) atoms. The van der Waals surface area contributed by atoms with Crippen molar-refractivity contribution in [3.05, 3.63) is 42.0 Å². The summed E-state index contributed by atoms with van der Waals surface area (Å²) in [7, 11) is 0. The lowest BCUT2D eigenvalue weighted by Gasteiger charge is -2.04. The summed E-state index contributed by atoms with van der Waals surface area (Å²) >= 11 is 0. The van der Waals surface area contributed by atoms with E-state index < -0.39 is 0 Å². The van der Waals surface area contributed by atoms with Crippen LogP contribution in [0.25, 0.3) is 0 Å². The Hall–Kier alpha value is -1.84. The Morgan fingerprint density at radius 2 is 2.07 bits per heavy atom. The third-order valence-corrected chi connectivity index (χ3v) is 2.13. The van der Waals surface area contributed by atoms with Gasteiger partial charge in [-0.25, -0.2) is 0 Å². The van der Waals surface area contributed by atoms with Crippen LogP contribution in [0.2, 0.25) is 0 Å². The van der Waals surface area contributed by atoms with Crippen molar-refractivity contribution in [2.75, 3.05) is 11.9 Å². The lowest BCUT2D eigenvalue weighted by atomic mass is 10.2. The topological polar surface area (TPSA) is 51.0 Å². The quantitative estimate of drug-likeness (QED) is 0.826. The van der Waals surface area contributed by atoms with Gasteiger partial charge in [-0.05, 0) is 19.1 Å². The predicted molar refractivity (Wildman–Crippen MR) is 57.7 cm³/mol. The van der Waals surface area contributed by atoms with Gasteiger partial charge in [-0.1, -0.05) is 22.9 Å². The second kappa shape index (κ2) is 4.59. The van der Waals surface area contributed by atoms with Crippen LogP contribution in [0.1, 0.15) is 11.5 Å². The first-order valence-electron chi connectivity index (χ1n) is 4.91. The van der Waals surface area contributed by atoms with Crippen molar-refractivity contribution in [3.8, 4) is 0 Å². The molecule has 4 nitrogen and oxygen atoms in total. The Kier molecular flexibility index (Phi) is 2.97. The predicted octanol–water partition coefficient (Wildman–Crippen LogP) is 2.03. The van der Waals surface area contributed by atoms with Gasteiger partial charge >= 0.3 is 0 Å². The second-order valence-electron chi connectivity index (χ2n) is 3.38. The van der Waals surface area contributed by atoms with E-state index in [-0.39, 0.29) is 0 Å². The van der Waals surface area contributed by atoms with Crippen molar-refractivity contribution >= 4 is 5.69 Å². The first kappa shape index (κ1) is 9.71. The van der Waals surface area contributed by atoms with E-state index in [1.54, 1.807) is 0 Å². The summed E-state index contributed by atoms with van der Waals surface area (Å²) < 4.78 is 4.89. The molecule has 4 heteroatoms. The zero-order chi connectivity index (χ0) is 10.5. The molecule has 0 aliphatic heterocycles. The average molecular weight is 203 g/mol. The fourth-order valence-corrected chi connectivity index (χ4v) is 1.29. The van der Waals surface area contributed by atoms with Crippen LogP contribution in [0.3, 0.4) is 0 Å². The second-order valence-corrected chi connectivity index (χ2v) is 3.38. The molecule has 0 fully saturated rings. The molecular formula is C11H13N3O. The highest BCUT2D eigenvalue weighted by Crippen LogP contribution is 2.08. The molecule has 0 unspecified atom stereocenters. The van der Waals surface area contributed by atoms with Crippen molar-refractivity contribution in [1.29, 1.82) is 0 Å². The van der Waals surface area contributed by atoms with E-state index in [9.17, 15) is 0 Å². The maximum Gasteiger partial charge on any atom is 0.228 e. The highest BCUT2D eigenvalue weighted by molar-refractivity contribution is 5.44. The maximum absolute atomic E-state index is 4.89. The zero-order valence-corrected chi connectivity index (χ0v) is 8.60. The number of aryl methyl sites for hydroxylation is 1. The maximum atomic E-state index is 4.89. The van der Waals surface area contributed by atoms with Crippen LogP contribution in [0.4, 0.5) is 5.69 Å². The Bertz CT molecular complexity index is 394. The minimum atomic E-state index is 0.662. The molecule has 1 aromatic heterocycles. The Balaban J connectivity index is 1.81. The van der Waals surface area contributed by atoms with Gasteiger partial charge in [-0.2, -0.15) is 4.98 Å². The summed E-state index contributed by atoms with van der Waals surface area (Å²) in [6.07, 6.45) is 2.16. The highest BCUT2D eigenvalue weighted by atomic mass is 16.5. The first-order chi connectivity index (χ1) is 7.34. The van der Waals surface area contributed by atoms with E-state index >= 15 is 0 Å². The third kappa shape index (κ3) is 2.80. The van der Waals surface area contributed by atoms with Gasteiger partial charge in [0, 0.05) is 18.7 Å². The summed E-state index contributed by atoms with van der Waals surface area (Å²) in [6.45, 7) is 2.87. The molecule has 1 aromatic carbocycles. The molecule has 0 saturated heterocycles. The third-order valence-electron chi connectivity index (χ3n) is 2.13. The number of aromatic nitrogens is 2. The molecule has 2 aromatic rings. The van der Waals surface area contributed by atoms with Crippen molar-refractivity contribution < 1.29 is 4.52 Å². The van der Waals surface area contributed by atoms with E-state index in [1.807, 2.05) is 0 Å². The van der Waals surface area contributed by atoms with Crippen LogP contribution in [0.5, 0.6) is 0 Å². The number of anilines is 1. The van der Waals surface area contributed by atoms with E-state index in [2.05, 4.69) is 46.6 Å². The smallest absolute Gasteiger partial charge is 0.228 e. The number of nitrogens with zero attached hydrogens (tertiary/aromatic N) is 2. The number of hydrogen-bond acceptors (Lipinski definition) is 4. The normalized spacial score (nSPS) is 10.2. The molecule has 0 aliphatic rings. The Morgan fingerprint density at radius 3 is 2.73 bits per heavy atom. The van der Waals surface area contributed by atoms with Gasteiger partial charge in [0.2, 0.25) is 5.89 Å². The van der Waals surface area contributed by atoms with Crippen molar-refractivity contribution in [1.82, 2.24) is 10.1 Å². The van der Waals surface area contributed by atoms with E-state index in [1.165, 1.54) is 11.9 Å².